The van der Waals surface area contributed by atoms with Gasteiger partial charge in [0.25, 0.3) is 5.91 Å². The van der Waals surface area contributed by atoms with Crippen LogP contribution < -0.4 is 10.2 Å². The number of nitrogens with one attached hydrogen (secondary N) is 1. The third kappa shape index (κ3) is 5.54. The number of hydrogen-bond acceptors (Lipinski definition) is 5. The van der Waals surface area contributed by atoms with Crippen molar-refractivity contribution in [1.29, 1.82) is 0 Å². The molecular formula is C28H21BrN2O4. The van der Waals surface area contributed by atoms with Gasteiger partial charge in [-0.05, 0) is 41.5 Å². The smallest absolute Gasteiger partial charge is 0.343 e. The minimum Gasteiger partial charge on any atom is -0.422 e. The number of benzene rings is 4. The normalized spacial score (nSPS) is 11.3. The van der Waals surface area contributed by atoms with E-state index in [-0.39, 0.29) is 5.75 Å². The molecule has 0 unspecified atom stereocenters. The monoisotopic (exact) mass is 528 g/mol. The molecule has 0 atom stereocenters. The van der Waals surface area contributed by atoms with Gasteiger partial charge in [0, 0.05) is 10.0 Å². The fourth-order valence-corrected chi connectivity index (χ4v) is 3.85. The Labute approximate surface area is 211 Å². The second-order valence-electron chi connectivity index (χ2n) is 7.58. The molecule has 4 rings (SSSR count). The van der Waals surface area contributed by atoms with Gasteiger partial charge in [0.2, 0.25) is 0 Å². The SMILES string of the molecule is O=C(Oc1ccc(Br)cc1/C=N/NC(=O)C(O)(c1ccccc1)c1ccccc1)c1ccccc1. The third-order valence-electron chi connectivity index (χ3n) is 5.27. The number of carbonyl (C=O) groups excluding carboxylic acids is 2. The van der Waals surface area contributed by atoms with E-state index in [9.17, 15) is 14.7 Å². The molecule has 4 aromatic carbocycles. The highest BCUT2D eigenvalue weighted by molar-refractivity contribution is 9.10. The van der Waals surface area contributed by atoms with Crippen molar-refractivity contribution in [3.63, 3.8) is 0 Å². The fraction of sp³-hybridized carbons (Fsp3) is 0.0357. The fourth-order valence-electron chi connectivity index (χ4n) is 3.48. The maximum atomic E-state index is 13.2. The molecular weight excluding hydrogens is 508 g/mol. The molecule has 0 saturated heterocycles. The number of esters is 1. The summed E-state index contributed by atoms with van der Waals surface area (Å²) < 4.78 is 6.27. The lowest BCUT2D eigenvalue weighted by molar-refractivity contribution is -0.136. The number of amides is 1. The molecule has 0 aliphatic rings. The topological polar surface area (TPSA) is 88.0 Å². The first-order valence-electron chi connectivity index (χ1n) is 10.7. The van der Waals surface area contributed by atoms with Gasteiger partial charge in [-0.15, -0.1) is 0 Å². The van der Waals surface area contributed by atoms with Crippen LogP contribution in [0.15, 0.2) is 119 Å². The number of nitrogens with zero attached hydrogens (tertiary/aromatic N) is 1. The van der Waals surface area contributed by atoms with Crippen molar-refractivity contribution in [2.45, 2.75) is 5.60 Å². The summed E-state index contributed by atoms with van der Waals surface area (Å²) in [5.74, 6) is -0.987. The molecule has 0 aliphatic heterocycles. The van der Waals surface area contributed by atoms with Crippen LogP contribution in [0.4, 0.5) is 0 Å². The summed E-state index contributed by atoms with van der Waals surface area (Å²) in [6, 6.07) is 30.9. The highest BCUT2D eigenvalue weighted by Gasteiger charge is 2.39. The average Bonchev–Trinajstić information content (AvgIpc) is 2.91. The molecule has 0 saturated carbocycles. The predicted molar refractivity (Wildman–Crippen MR) is 137 cm³/mol. The Morgan fingerprint density at radius 3 is 1.94 bits per heavy atom. The van der Waals surface area contributed by atoms with E-state index >= 15 is 0 Å². The van der Waals surface area contributed by atoms with Crippen molar-refractivity contribution < 1.29 is 19.4 Å². The molecule has 0 fully saturated rings. The Morgan fingerprint density at radius 2 is 1.37 bits per heavy atom. The highest BCUT2D eigenvalue weighted by atomic mass is 79.9. The molecule has 6 nitrogen and oxygen atoms in total. The van der Waals surface area contributed by atoms with Crippen LogP contribution in [0, 0.1) is 0 Å². The van der Waals surface area contributed by atoms with Gasteiger partial charge in [-0.2, -0.15) is 5.10 Å². The number of hydrogen-bond donors (Lipinski definition) is 2. The zero-order chi connectivity index (χ0) is 24.7. The Balaban J connectivity index is 1.58. The summed E-state index contributed by atoms with van der Waals surface area (Å²) in [7, 11) is 0. The lowest BCUT2D eigenvalue weighted by Crippen LogP contribution is -2.43. The van der Waals surface area contributed by atoms with E-state index in [1.54, 1.807) is 103 Å². The molecule has 0 aromatic heterocycles. The number of halogens is 1. The summed E-state index contributed by atoms with van der Waals surface area (Å²) in [6.45, 7) is 0. The van der Waals surface area contributed by atoms with E-state index in [1.165, 1.54) is 6.21 Å². The van der Waals surface area contributed by atoms with Crippen molar-refractivity contribution in [2.24, 2.45) is 5.10 Å². The molecule has 35 heavy (non-hydrogen) atoms. The van der Waals surface area contributed by atoms with Crippen LogP contribution in [0.25, 0.3) is 0 Å². The Morgan fingerprint density at radius 1 is 0.829 bits per heavy atom. The van der Waals surface area contributed by atoms with Crippen LogP contribution in [0.5, 0.6) is 5.75 Å². The summed E-state index contributed by atoms with van der Waals surface area (Å²) in [6.07, 6.45) is 1.35. The highest BCUT2D eigenvalue weighted by Crippen LogP contribution is 2.30. The van der Waals surface area contributed by atoms with Crippen LogP contribution >= 0.6 is 15.9 Å². The van der Waals surface area contributed by atoms with Gasteiger partial charge in [0.15, 0.2) is 5.60 Å². The number of carbonyl (C=O) groups is 2. The zero-order valence-corrected chi connectivity index (χ0v) is 20.1. The van der Waals surface area contributed by atoms with Crippen LogP contribution in [-0.4, -0.2) is 23.2 Å². The second-order valence-corrected chi connectivity index (χ2v) is 8.49. The third-order valence-corrected chi connectivity index (χ3v) is 5.76. The minimum absolute atomic E-state index is 0.265. The van der Waals surface area contributed by atoms with Crippen molar-refractivity contribution >= 4 is 34.0 Å². The Kier molecular flexibility index (Phi) is 7.50. The summed E-state index contributed by atoms with van der Waals surface area (Å²) in [5.41, 5.74) is 2.13. The van der Waals surface area contributed by atoms with Crippen molar-refractivity contribution in [3.05, 3.63) is 136 Å². The number of ether oxygens (including phenoxy) is 1. The predicted octanol–water partition coefficient (Wildman–Crippen LogP) is 5.05. The van der Waals surface area contributed by atoms with E-state index in [0.29, 0.717) is 22.3 Å². The van der Waals surface area contributed by atoms with Crippen LogP contribution in [0.3, 0.4) is 0 Å². The summed E-state index contributed by atoms with van der Waals surface area (Å²) >= 11 is 3.39. The Bertz CT molecular complexity index is 1300. The van der Waals surface area contributed by atoms with E-state index < -0.39 is 17.5 Å². The van der Waals surface area contributed by atoms with Crippen LogP contribution in [0.1, 0.15) is 27.0 Å². The number of rotatable bonds is 7. The van der Waals surface area contributed by atoms with E-state index in [2.05, 4.69) is 26.5 Å². The molecule has 0 radical (unpaired) electrons. The largest absolute Gasteiger partial charge is 0.422 e. The molecule has 7 heteroatoms. The van der Waals surface area contributed by atoms with E-state index in [0.717, 1.165) is 4.47 Å². The summed E-state index contributed by atoms with van der Waals surface area (Å²) in [4.78, 5) is 25.7. The number of hydrazone groups is 1. The molecule has 0 spiro atoms. The molecule has 4 aromatic rings. The first-order valence-corrected chi connectivity index (χ1v) is 11.5. The molecule has 1 amide bonds. The zero-order valence-electron chi connectivity index (χ0n) is 18.5. The lowest BCUT2D eigenvalue weighted by atomic mass is 9.85. The van der Waals surface area contributed by atoms with Crippen LogP contribution in [-0.2, 0) is 10.4 Å². The first-order chi connectivity index (χ1) is 17.0. The van der Waals surface area contributed by atoms with Crippen LogP contribution in [0.2, 0.25) is 0 Å². The average molecular weight is 529 g/mol. The maximum Gasteiger partial charge on any atom is 0.343 e. The molecule has 0 heterocycles. The standard InChI is InChI=1S/C28H21BrN2O4/c29-24-16-17-25(35-26(32)20-10-4-1-5-11-20)21(18-24)19-30-31-27(33)28(34,22-12-6-2-7-13-22)23-14-8-3-9-15-23/h1-19,34H,(H,31,33)/b30-19+. The van der Waals surface area contributed by atoms with Gasteiger partial charge < -0.3 is 9.84 Å². The molecule has 174 valence electrons. The number of aliphatic hydroxyl groups is 1. The quantitative estimate of drug-likeness (QED) is 0.152. The van der Waals surface area contributed by atoms with Crippen molar-refractivity contribution in [2.75, 3.05) is 0 Å². The van der Waals surface area contributed by atoms with E-state index in [4.69, 9.17) is 4.74 Å². The molecule has 2 N–H and O–H groups in total. The van der Waals surface area contributed by atoms with Crippen molar-refractivity contribution in [3.8, 4) is 5.75 Å². The lowest BCUT2D eigenvalue weighted by Gasteiger charge is -2.27. The van der Waals surface area contributed by atoms with Gasteiger partial charge in [-0.3, -0.25) is 4.79 Å². The maximum absolute atomic E-state index is 13.2. The van der Waals surface area contributed by atoms with Gasteiger partial charge in [-0.1, -0.05) is 94.8 Å². The van der Waals surface area contributed by atoms with Gasteiger partial charge in [0.05, 0.1) is 11.8 Å². The van der Waals surface area contributed by atoms with Gasteiger partial charge in [0.1, 0.15) is 5.75 Å². The summed E-state index contributed by atoms with van der Waals surface area (Å²) in [5, 5.41) is 15.5. The molecule has 0 bridgehead atoms. The first kappa shape index (κ1) is 24.1. The molecule has 0 aliphatic carbocycles. The van der Waals surface area contributed by atoms with Gasteiger partial charge in [-0.25, -0.2) is 10.2 Å². The second kappa shape index (κ2) is 10.9. The minimum atomic E-state index is -1.96. The van der Waals surface area contributed by atoms with Crippen molar-refractivity contribution in [1.82, 2.24) is 5.43 Å². The Hall–Kier alpha value is -4.07. The van der Waals surface area contributed by atoms with E-state index in [1.807, 2.05) is 6.07 Å². The van der Waals surface area contributed by atoms with Gasteiger partial charge >= 0.3 is 5.97 Å².